The summed E-state index contributed by atoms with van der Waals surface area (Å²) in [6, 6.07) is 0. The maximum absolute atomic E-state index is 14.8. The Bertz CT molecular complexity index is 3520. The van der Waals surface area contributed by atoms with Gasteiger partial charge in [-0.25, -0.2) is 48.5 Å². The van der Waals surface area contributed by atoms with Gasteiger partial charge >= 0.3 is 0 Å². The van der Waals surface area contributed by atoms with Gasteiger partial charge in [-0.2, -0.15) is 11.8 Å². The number of carbonyl (C=O) groups excluding carboxylic acids is 3. The normalized spacial score (nSPS) is 31.4. The summed E-state index contributed by atoms with van der Waals surface area (Å²) >= 11 is 1.38. The Hall–Kier alpha value is -7.24. The van der Waals surface area contributed by atoms with Crippen molar-refractivity contribution in [1.29, 1.82) is 0 Å². The molecule has 39 heteroatoms. The zero-order valence-electron chi connectivity index (χ0n) is 60.2. The minimum atomic E-state index is -1.46. The second-order valence-corrected chi connectivity index (χ2v) is 26.0. The third-order valence-corrected chi connectivity index (χ3v) is 18.5. The van der Waals surface area contributed by atoms with Gasteiger partial charge in [0.2, 0.25) is 6.54 Å². The number of ether oxygens (including phenoxy) is 14. The van der Waals surface area contributed by atoms with Gasteiger partial charge in [-0.05, 0) is 21.0 Å². The zero-order chi connectivity index (χ0) is 76.4. The second kappa shape index (κ2) is 40.6. The van der Waals surface area contributed by atoms with E-state index >= 15 is 0 Å². The summed E-state index contributed by atoms with van der Waals surface area (Å²) < 4.78 is 149. The van der Waals surface area contributed by atoms with Crippen molar-refractivity contribution in [2.45, 2.75) is 142 Å². The van der Waals surface area contributed by atoms with Crippen LogP contribution in [0.15, 0.2) is 97.6 Å². The minimum absolute atomic E-state index is 0. The van der Waals surface area contributed by atoms with Crippen LogP contribution in [0.25, 0.3) is 16.0 Å². The van der Waals surface area contributed by atoms with Crippen LogP contribution >= 0.6 is 11.8 Å². The van der Waals surface area contributed by atoms with Crippen molar-refractivity contribution in [1.82, 2.24) is 64.6 Å². The van der Waals surface area contributed by atoms with Gasteiger partial charge in [0.05, 0.1) is 70.9 Å². The molecule has 582 valence electrons. The number of nitrogens with two attached hydrogens (primary N) is 1. The molecule has 105 heavy (non-hydrogen) atoms. The van der Waals surface area contributed by atoms with E-state index in [1.54, 1.807) is 49.7 Å². The molecule has 20 atom stereocenters. The first kappa shape index (κ1) is 86.7. The number of alkyl halides is 5. The number of halogens is 5. The number of imidazole rings is 2. The highest BCUT2D eigenvalue weighted by molar-refractivity contribution is 8.02. The summed E-state index contributed by atoms with van der Waals surface area (Å²) in [6.07, 6.45) is -5.17. The van der Waals surface area contributed by atoms with E-state index in [0.717, 1.165) is 0 Å². The Labute approximate surface area is 613 Å². The SMILES string of the molecule is C.C=C1NC(=O)C(CN(C)C)=CN1[C@@H]1O[C@H](COC)[C@@H](OC)C1F.C=C1NC(=O)C(Cn2ccnc2)=CN1[C@@H]1O[C@H](COC)[C@@H](OC)C1F.COC[C@H]1O[C@@H](n2cnc3c(N)nc(C)nc32)[C@@H](F)C1OC.[B][C@@H]1S[C@H](COC)[C@@H](OC)C1F.[C-]#[N+]CC1=CN([C@@H]2O[C@H](COC)[C@@H](OC)C2F)C(=C)NC1=O. The van der Waals surface area contributed by atoms with Crippen LogP contribution in [0.5, 0.6) is 0 Å². The van der Waals surface area contributed by atoms with Crippen LogP contribution in [0.1, 0.15) is 19.5 Å². The van der Waals surface area contributed by atoms with E-state index in [9.17, 15) is 36.3 Å². The number of nitrogen functional groups attached to an aromatic ring is 1. The summed E-state index contributed by atoms with van der Waals surface area (Å²) in [4.78, 5) is 61.8. The number of likely N-dealkylation sites (N-methyl/N-ethyl adjacent to an activating group) is 1. The first-order chi connectivity index (χ1) is 49.7. The van der Waals surface area contributed by atoms with Gasteiger partial charge in [0, 0.05) is 119 Å². The van der Waals surface area contributed by atoms with Gasteiger partial charge < -0.3 is 117 Å². The van der Waals surface area contributed by atoms with E-state index in [-0.39, 0.29) is 86.3 Å². The molecule has 0 spiro atoms. The van der Waals surface area contributed by atoms with Crippen molar-refractivity contribution >= 4 is 54.3 Å². The van der Waals surface area contributed by atoms with Gasteiger partial charge in [0.1, 0.15) is 95.5 Å². The molecular formula is C66H97BF5N15O17S. The quantitative estimate of drug-likeness (QED) is 0.0569. The standard InChI is InChI=1S/C16H21FN4O4.C15H24FN3O4.C14H18FN3O4.C13H18FN5O3.C7H12BFO2S.CH4/c1-10-19-15(22)11(6-20-5-4-18-9-20)7-21(10)16-13(17)14(24-3)12(25-16)8-23-2;1-9-17-14(20)10(6-18(2)3)7-19(9)15-12(16)13(22-5)11(23-15)8-21-4;1-8-17-13(19)9(5-16-2)6-18(8)14-11(15)12(21-4)10(22-14)7-20-3;1-6-17-11(15)9-12(18-6)19(5-16-9)13-8(14)10(21-3)7(22-13)4-20-2;1-10-3-4-6(11-2)5(9)7(8)12-4;/h4-5,7,9,12-14,16H,1,6,8H2,2-3H3,(H,19,22);7,11-13,15H,1,6,8H2,2-5H3,(H,17,20);6,10-12,14H,1,5,7H2,3-4H3,(H,17,19);5,7-8,10,13H,4H2,1-3H3,(H2,15,17,18);4-7H,3H2,1-2H3;1H4/t12-,13?,14-,16-;11-,12?,13-,15-;10-,11?,12-,14-;7-,8+,10?,13-;4-,5?,6-,7-;/m11111./s1. The van der Waals surface area contributed by atoms with E-state index in [0.29, 0.717) is 47.8 Å². The van der Waals surface area contributed by atoms with Gasteiger partial charge in [-0.1, -0.05) is 27.2 Å². The number of nitrogens with one attached hydrogen (secondary N) is 3. The van der Waals surface area contributed by atoms with E-state index in [2.05, 4.69) is 60.5 Å². The second-order valence-electron chi connectivity index (χ2n) is 24.6. The number of rotatable bonds is 24. The van der Waals surface area contributed by atoms with Crippen LogP contribution in [-0.4, -0.2) is 320 Å². The molecule has 5 saturated heterocycles. The number of aryl methyl sites for hydroxylation is 1. The van der Waals surface area contributed by atoms with Crippen molar-refractivity contribution in [2.75, 3.05) is 137 Å². The zero-order valence-corrected chi connectivity index (χ0v) is 61.0. The summed E-state index contributed by atoms with van der Waals surface area (Å²) in [5.41, 5.74) is 7.85. The van der Waals surface area contributed by atoms with Crippen molar-refractivity contribution in [2.24, 2.45) is 0 Å². The lowest BCUT2D eigenvalue weighted by Crippen LogP contribution is -2.47. The van der Waals surface area contributed by atoms with Crippen molar-refractivity contribution < 1.29 is 103 Å². The fraction of sp³-hybridized carbons (Fsp3) is 0.636. The van der Waals surface area contributed by atoms with Crippen molar-refractivity contribution in [3.63, 3.8) is 0 Å². The molecule has 5 N–H and O–H groups in total. The number of nitrogens with zero attached hydrogens (tertiary/aromatic N) is 11. The number of methoxy groups -OCH3 is 10. The smallest absolute Gasteiger partial charge is 0.261 e. The van der Waals surface area contributed by atoms with Crippen molar-refractivity contribution in [3.8, 4) is 0 Å². The lowest BCUT2D eigenvalue weighted by atomic mass is 9.95. The highest BCUT2D eigenvalue weighted by Crippen LogP contribution is 2.39. The average Bonchev–Trinajstić information content (AvgIpc) is 1.65. The Balaban J connectivity index is 0.000000208. The molecule has 5 unspecified atom stereocenters. The van der Waals surface area contributed by atoms with Crippen LogP contribution < -0.4 is 21.7 Å². The largest absolute Gasteiger partial charge is 0.383 e. The van der Waals surface area contributed by atoms with Gasteiger partial charge in [-0.15, -0.1) is 0 Å². The minimum Gasteiger partial charge on any atom is -0.383 e. The van der Waals surface area contributed by atoms with Crippen molar-refractivity contribution in [3.05, 3.63) is 115 Å². The molecule has 8 aliphatic heterocycles. The number of fused-ring (bicyclic) bond motifs is 1. The topological polar surface area (TPSA) is 321 Å². The number of hydrogen-bond donors (Lipinski definition) is 4. The molecular weight excluding hydrogens is 1410 g/mol. The third kappa shape index (κ3) is 20.7. The van der Waals surface area contributed by atoms with Gasteiger partial charge in [0.25, 0.3) is 17.7 Å². The monoisotopic (exact) mass is 1510 g/mol. The van der Waals surface area contributed by atoms with Crippen LogP contribution in [0.4, 0.5) is 27.8 Å². The molecule has 0 aromatic carbocycles. The molecule has 2 radical (unpaired) electrons. The predicted octanol–water partition coefficient (Wildman–Crippen LogP) is 2.72. The average molecular weight is 1510 g/mol. The molecule has 8 aliphatic rings. The van der Waals surface area contributed by atoms with E-state index < -0.39 is 122 Å². The van der Waals surface area contributed by atoms with E-state index in [1.165, 1.54) is 108 Å². The van der Waals surface area contributed by atoms with Gasteiger partial charge in [0.15, 0.2) is 61.1 Å². The Morgan fingerprint density at radius 2 is 1.00 bits per heavy atom. The fourth-order valence-corrected chi connectivity index (χ4v) is 13.7. The summed E-state index contributed by atoms with van der Waals surface area (Å²) in [6.45, 7) is 21.8. The van der Waals surface area contributed by atoms with Crippen LogP contribution in [0.2, 0.25) is 0 Å². The molecule has 0 bridgehead atoms. The van der Waals surface area contributed by atoms with Crippen LogP contribution in [0, 0.1) is 13.5 Å². The summed E-state index contributed by atoms with van der Waals surface area (Å²) in [7, 11) is 24.1. The number of aromatic nitrogens is 6. The molecule has 11 heterocycles. The molecule has 5 fully saturated rings. The number of carbonyl (C=O) groups is 3. The molecule has 0 aliphatic carbocycles. The predicted molar refractivity (Wildman–Crippen MR) is 374 cm³/mol. The molecule has 11 rings (SSSR count). The summed E-state index contributed by atoms with van der Waals surface area (Å²) in [5.74, 6) is 0.508. The Morgan fingerprint density at radius 3 is 1.40 bits per heavy atom. The third-order valence-electron chi connectivity index (χ3n) is 17.2. The molecule has 32 nitrogen and oxygen atoms in total. The molecule has 3 aromatic rings. The van der Waals surface area contributed by atoms with Crippen LogP contribution in [0.3, 0.4) is 0 Å². The maximum atomic E-state index is 14.8. The first-order valence-electron chi connectivity index (χ1n) is 32.4. The Morgan fingerprint density at radius 1 is 0.600 bits per heavy atom. The first-order valence-corrected chi connectivity index (χ1v) is 33.4. The number of hydrogen-bond acceptors (Lipinski definition) is 27. The molecule has 0 saturated carbocycles. The highest BCUT2D eigenvalue weighted by atomic mass is 32.2. The number of thioether (sulfide) groups is 1. The molecule has 3 aromatic heterocycles. The number of amides is 3. The lowest BCUT2D eigenvalue weighted by molar-refractivity contribution is -0.120. The Kier molecular flexibility index (Phi) is 33.6. The fourth-order valence-electron chi connectivity index (χ4n) is 12.3. The highest BCUT2D eigenvalue weighted by Gasteiger charge is 2.53. The maximum Gasteiger partial charge on any atom is 0.261 e. The van der Waals surface area contributed by atoms with Crippen LogP contribution in [-0.2, 0) is 87.2 Å². The van der Waals surface area contributed by atoms with E-state index in [4.69, 9.17) is 86.5 Å². The van der Waals surface area contributed by atoms with Gasteiger partial charge in [-0.3, -0.25) is 19.0 Å². The number of anilines is 1. The lowest BCUT2D eigenvalue weighted by Gasteiger charge is -2.34. The summed E-state index contributed by atoms with van der Waals surface area (Å²) in [5, 5.41) is 7.33. The van der Waals surface area contributed by atoms with E-state index in [1.807, 2.05) is 19.0 Å². The molecule has 3 amide bonds.